The van der Waals surface area contributed by atoms with Crippen LogP contribution in [0.2, 0.25) is 0 Å². The zero-order chi connectivity index (χ0) is 26.7. The van der Waals surface area contributed by atoms with Gasteiger partial charge in [0.2, 0.25) is 0 Å². The number of aliphatic hydroxyl groups excluding tert-OH is 1. The van der Waals surface area contributed by atoms with Gasteiger partial charge in [0.05, 0.1) is 31.2 Å². The van der Waals surface area contributed by atoms with Gasteiger partial charge in [0, 0.05) is 11.3 Å². The number of amides is 1. The molecule has 0 saturated carbocycles. The van der Waals surface area contributed by atoms with E-state index in [0.717, 1.165) is 0 Å². The zero-order valence-corrected chi connectivity index (χ0v) is 20.7. The van der Waals surface area contributed by atoms with Gasteiger partial charge in [0.1, 0.15) is 17.3 Å². The lowest BCUT2D eigenvalue weighted by atomic mass is 9.95. The summed E-state index contributed by atoms with van der Waals surface area (Å²) in [4.78, 5) is 39.5. The Hall–Kier alpha value is -4.59. The summed E-state index contributed by atoms with van der Waals surface area (Å²) in [7, 11) is 1.30. The Balaban J connectivity index is 1.80. The van der Waals surface area contributed by atoms with Crippen LogP contribution in [-0.2, 0) is 25.5 Å². The molecule has 37 heavy (non-hydrogen) atoms. The Bertz CT molecular complexity index is 1360. The maximum atomic E-state index is 13.3. The number of esters is 1. The lowest BCUT2D eigenvalue weighted by molar-refractivity contribution is -0.139. The summed E-state index contributed by atoms with van der Waals surface area (Å²) in [5.41, 5.74) is 1.74. The van der Waals surface area contributed by atoms with Gasteiger partial charge < -0.3 is 19.7 Å². The summed E-state index contributed by atoms with van der Waals surface area (Å²) in [6.07, 6.45) is 0.0248. The molecule has 1 saturated heterocycles. The molecule has 0 aliphatic carbocycles. The quantitative estimate of drug-likeness (QED) is 0.212. The average Bonchev–Trinajstić information content (AvgIpc) is 3.14. The minimum atomic E-state index is -0.995. The van der Waals surface area contributed by atoms with Gasteiger partial charge in [-0.05, 0) is 73.5 Å². The van der Waals surface area contributed by atoms with E-state index < -0.39 is 23.7 Å². The number of benzene rings is 3. The van der Waals surface area contributed by atoms with Crippen molar-refractivity contribution >= 4 is 29.1 Å². The number of methoxy groups -OCH3 is 1. The van der Waals surface area contributed by atoms with Gasteiger partial charge in [-0.3, -0.25) is 19.3 Å². The maximum absolute atomic E-state index is 13.3. The van der Waals surface area contributed by atoms with Crippen LogP contribution in [0.15, 0.2) is 78.4 Å². The largest absolute Gasteiger partial charge is 0.508 e. The van der Waals surface area contributed by atoms with E-state index in [2.05, 4.69) is 0 Å². The van der Waals surface area contributed by atoms with E-state index in [1.807, 2.05) is 13.8 Å². The highest BCUT2D eigenvalue weighted by atomic mass is 16.5. The van der Waals surface area contributed by atoms with E-state index in [-0.39, 0.29) is 29.6 Å². The van der Waals surface area contributed by atoms with Crippen LogP contribution in [0.1, 0.15) is 36.6 Å². The fourth-order valence-corrected chi connectivity index (χ4v) is 4.24. The van der Waals surface area contributed by atoms with Crippen LogP contribution in [0.3, 0.4) is 0 Å². The van der Waals surface area contributed by atoms with Crippen LogP contribution >= 0.6 is 0 Å². The van der Waals surface area contributed by atoms with Crippen LogP contribution in [0.4, 0.5) is 5.69 Å². The van der Waals surface area contributed by atoms with E-state index in [4.69, 9.17) is 9.47 Å². The first-order chi connectivity index (χ1) is 17.7. The first-order valence-electron chi connectivity index (χ1n) is 11.7. The number of phenolic OH excluding ortho intramolecular Hbond substituents is 1. The van der Waals surface area contributed by atoms with Gasteiger partial charge in [-0.2, -0.15) is 0 Å². The Kier molecular flexibility index (Phi) is 7.29. The Morgan fingerprint density at radius 3 is 2.27 bits per heavy atom. The van der Waals surface area contributed by atoms with Crippen molar-refractivity contribution in [3.63, 3.8) is 0 Å². The van der Waals surface area contributed by atoms with Gasteiger partial charge in [0.15, 0.2) is 0 Å². The summed E-state index contributed by atoms with van der Waals surface area (Å²) in [6.45, 7) is 3.79. The van der Waals surface area contributed by atoms with Crippen molar-refractivity contribution in [1.29, 1.82) is 0 Å². The summed E-state index contributed by atoms with van der Waals surface area (Å²) in [5, 5.41) is 21.4. The molecule has 190 valence electrons. The van der Waals surface area contributed by atoms with Crippen LogP contribution in [0.5, 0.6) is 11.5 Å². The number of carbonyl (C=O) groups excluding carboxylic acids is 3. The monoisotopic (exact) mass is 501 g/mol. The van der Waals surface area contributed by atoms with Gasteiger partial charge in [-0.15, -0.1) is 0 Å². The molecule has 1 heterocycles. The standard InChI is InChI=1S/C29H27NO7/c1-17(2)37-23-13-9-19(10-14-23)27(33)25-26(20-5-4-6-22(31)16-20)30(29(35)28(25)34)21-11-7-18(8-12-21)15-24(32)36-3/h4-14,16-17,26,31,33H,15H2,1-3H3/b27-25-. The molecule has 1 aliphatic heterocycles. The molecule has 3 aromatic rings. The van der Waals surface area contributed by atoms with Gasteiger partial charge in [0.25, 0.3) is 11.7 Å². The fourth-order valence-electron chi connectivity index (χ4n) is 4.24. The molecule has 0 spiro atoms. The highest BCUT2D eigenvalue weighted by molar-refractivity contribution is 6.51. The van der Waals surface area contributed by atoms with Gasteiger partial charge in [-0.1, -0.05) is 24.3 Å². The molecule has 4 rings (SSSR count). The lowest BCUT2D eigenvalue weighted by Crippen LogP contribution is -2.29. The van der Waals surface area contributed by atoms with Crippen LogP contribution in [0.25, 0.3) is 5.76 Å². The number of phenols is 1. The number of carbonyl (C=O) groups is 3. The molecule has 1 fully saturated rings. The number of anilines is 1. The molecular formula is C29H27NO7. The second kappa shape index (κ2) is 10.6. The van der Waals surface area contributed by atoms with Crippen molar-refractivity contribution in [1.82, 2.24) is 0 Å². The van der Waals surface area contributed by atoms with E-state index in [1.165, 1.54) is 24.1 Å². The van der Waals surface area contributed by atoms with Gasteiger partial charge >= 0.3 is 5.97 Å². The van der Waals surface area contributed by atoms with Crippen molar-refractivity contribution in [2.24, 2.45) is 0 Å². The minimum absolute atomic E-state index is 0.0328. The Morgan fingerprint density at radius 1 is 1.00 bits per heavy atom. The number of aromatic hydroxyl groups is 1. The number of Topliss-reactive ketones (excluding diaryl/α,β-unsaturated/α-hetero) is 1. The van der Waals surface area contributed by atoms with E-state index in [0.29, 0.717) is 28.1 Å². The smallest absolute Gasteiger partial charge is 0.309 e. The third-order valence-corrected chi connectivity index (χ3v) is 5.92. The third-order valence-electron chi connectivity index (χ3n) is 5.92. The number of hydrogen-bond donors (Lipinski definition) is 2. The second-order valence-electron chi connectivity index (χ2n) is 8.87. The third kappa shape index (κ3) is 5.33. The predicted octanol–water partition coefficient (Wildman–Crippen LogP) is 4.52. The highest BCUT2D eigenvalue weighted by Crippen LogP contribution is 2.43. The normalized spacial score (nSPS) is 16.8. The average molecular weight is 502 g/mol. The first kappa shape index (κ1) is 25.5. The maximum Gasteiger partial charge on any atom is 0.309 e. The van der Waals surface area contributed by atoms with E-state index >= 15 is 0 Å². The minimum Gasteiger partial charge on any atom is -0.508 e. The van der Waals surface area contributed by atoms with E-state index in [9.17, 15) is 24.6 Å². The lowest BCUT2D eigenvalue weighted by Gasteiger charge is -2.25. The SMILES string of the molecule is COC(=O)Cc1ccc(N2C(=O)C(=O)/C(=C(\O)c3ccc(OC(C)C)cc3)C2c2cccc(O)c2)cc1. The first-order valence-corrected chi connectivity index (χ1v) is 11.7. The molecular weight excluding hydrogens is 474 g/mol. The number of ketones is 1. The number of ether oxygens (including phenoxy) is 2. The van der Waals surface area contributed by atoms with Crippen LogP contribution in [0, 0.1) is 0 Å². The molecule has 2 N–H and O–H groups in total. The summed E-state index contributed by atoms with van der Waals surface area (Å²) in [6, 6.07) is 18.3. The molecule has 8 nitrogen and oxygen atoms in total. The molecule has 0 aromatic heterocycles. The highest BCUT2D eigenvalue weighted by Gasteiger charge is 2.47. The second-order valence-corrected chi connectivity index (χ2v) is 8.87. The van der Waals surface area contributed by atoms with Gasteiger partial charge in [-0.25, -0.2) is 0 Å². The van der Waals surface area contributed by atoms with Crippen molar-refractivity contribution in [2.75, 3.05) is 12.0 Å². The molecule has 0 bridgehead atoms. The molecule has 1 amide bonds. The molecule has 0 radical (unpaired) electrons. The topological polar surface area (TPSA) is 113 Å². The van der Waals surface area contributed by atoms with Crippen LogP contribution in [-0.4, -0.2) is 41.1 Å². The van der Waals surface area contributed by atoms with Crippen molar-refractivity contribution in [2.45, 2.75) is 32.4 Å². The number of hydrogen-bond acceptors (Lipinski definition) is 7. The molecule has 1 unspecified atom stereocenters. The van der Waals surface area contributed by atoms with Crippen LogP contribution < -0.4 is 9.64 Å². The fraction of sp³-hybridized carbons (Fsp3) is 0.207. The van der Waals surface area contributed by atoms with Crippen molar-refractivity contribution in [3.8, 4) is 11.5 Å². The molecule has 8 heteroatoms. The number of aliphatic hydroxyl groups is 1. The summed E-state index contributed by atoms with van der Waals surface area (Å²) < 4.78 is 10.3. The Labute approximate surface area is 214 Å². The van der Waals surface area contributed by atoms with Crippen molar-refractivity contribution < 1.29 is 34.1 Å². The molecule has 1 aliphatic rings. The number of nitrogens with zero attached hydrogens (tertiary/aromatic N) is 1. The Morgan fingerprint density at radius 2 is 1.68 bits per heavy atom. The zero-order valence-electron chi connectivity index (χ0n) is 20.7. The molecule has 1 atom stereocenters. The summed E-state index contributed by atoms with van der Waals surface area (Å²) in [5.74, 6) is -1.87. The molecule has 3 aromatic carbocycles. The van der Waals surface area contributed by atoms with Crippen molar-refractivity contribution in [3.05, 3.63) is 95.1 Å². The number of rotatable bonds is 7. The predicted molar refractivity (Wildman–Crippen MR) is 137 cm³/mol. The van der Waals surface area contributed by atoms with E-state index in [1.54, 1.807) is 60.7 Å². The summed E-state index contributed by atoms with van der Waals surface area (Å²) >= 11 is 0.